The molecule has 80 valence electrons. The number of benzene rings is 1. The van der Waals surface area contributed by atoms with E-state index in [1.54, 1.807) is 0 Å². The number of aryl methyl sites for hydroxylation is 2. The van der Waals surface area contributed by atoms with Crippen molar-refractivity contribution in [2.45, 2.75) is 25.8 Å². The van der Waals surface area contributed by atoms with Gasteiger partial charge in [0.1, 0.15) is 0 Å². The first-order chi connectivity index (χ1) is 7.18. The van der Waals surface area contributed by atoms with Crippen molar-refractivity contribution in [2.75, 3.05) is 0 Å². The van der Waals surface area contributed by atoms with Gasteiger partial charge in [-0.1, -0.05) is 18.2 Å². The van der Waals surface area contributed by atoms with Crippen LogP contribution in [-0.2, 0) is 13.5 Å². The molecule has 0 bridgehead atoms. The lowest BCUT2D eigenvalue weighted by molar-refractivity contribution is 0.646. The zero-order chi connectivity index (χ0) is 10.8. The van der Waals surface area contributed by atoms with Crippen LogP contribution < -0.4 is 5.73 Å². The quantitative estimate of drug-likeness (QED) is 0.814. The standard InChI is InChI=1S/C13H18N2/c1-10(14)7-8-12-9-11-5-3-4-6-13(11)15(12)2/h3-6,9-10H,7-8,14H2,1-2H3/t10-/m0/s1. The number of rotatable bonds is 3. The topological polar surface area (TPSA) is 30.9 Å². The Morgan fingerprint density at radius 1 is 1.33 bits per heavy atom. The van der Waals surface area contributed by atoms with Crippen LogP contribution in [0.2, 0.25) is 0 Å². The minimum absolute atomic E-state index is 0.281. The number of nitrogens with zero attached hydrogens (tertiary/aromatic N) is 1. The largest absolute Gasteiger partial charge is 0.348 e. The summed E-state index contributed by atoms with van der Waals surface area (Å²) < 4.78 is 2.26. The summed E-state index contributed by atoms with van der Waals surface area (Å²) in [7, 11) is 2.12. The van der Waals surface area contributed by atoms with E-state index >= 15 is 0 Å². The van der Waals surface area contributed by atoms with Crippen molar-refractivity contribution in [3.05, 3.63) is 36.0 Å². The van der Waals surface area contributed by atoms with Gasteiger partial charge in [-0.2, -0.15) is 0 Å². The van der Waals surface area contributed by atoms with Gasteiger partial charge in [0.05, 0.1) is 0 Å². The SMILES string of the molecule is C[C@H](N)CCc1cc2ccccc2n1C. The Bertz CT molecular complexity index is 455. The number of para-hydroxylation sites is 1. The molecule has 1 atom stereocenters. The average molecular weight is 202 g/mol. The molecule has 0 aliphatic heterocycles. The molecule has 2 rings (SSSR count). The first-order valence-corrected chi connectivity index (χ1v) is 5.47. The predicted molar refractivity (Wildman–Crippen MR) is 64.9 cm³/mol. The predicted octanol–water partition coefficient (Wildman–Crippen LogP) is 2.46. The summed E-state index contributed by atoms with van der Waals surface area (Å²) in [5.41, 5.74) is 8.45. The molecule has 1 aromatic carbocycles. The van der Waals surface area contributed by atoms with Crippen LogP contribution in [-0.4, -0.2) is 10.6 Å². The van der Waals surface area contributed by atoms with E-state index in [0.717, 1.165) is 12.8 Å². The van der Waals surface area contributed by atoms with Crippen LogP contribution in [0.3, 0.4) is 0 Å². The fourth-order valence-electron chi connectivity index (χ4n) is 1.96. The van der Waals surface area contributed by atoms with Crippen LogP contribution in [0.4, 0.5) is 0 Å². The Kier molecular flexibility index (Phi) is 2.78. The summed E-state index contributed by atoms with van der Waals surface area (Å²) in [5.74, 6) is 0. The highest BCUT2D eigenvalue weighted by atomic mass is 14.9. The lowest BCUT2D eigenvalue weighted by Crippen LogP contribution is -2.16. The minimum Gasteiger partial charge on any atom is -0.348 e. The van der Waals surface area contributed by atoms with Gasteiger partial charge in [0.2, 0.25) is 0 Å². The molecule has 2 aromatic rings. The van der Waals surface area contributed by atoms with Crippen molar-refractivity contribution in [3.63, 3.8) is 0 Å². The van der Waals surface area contributed by atoms with E-state index in [1.165, 1.54) is 16.6 Å². The fourth-order valence-corrected chi connectivity index (χ4v) is 1.96. The number of fused-ring (bicyclic) bond motifs is 1. The van der Waals surface area contributed by atoms with Gasteiger partial charge in [-0.3, -0.25) is 0 Å². The molecule has 15 heavy (non-hydrogen) atoms. The summed E-state index contributed by atoms with van der Waals surface area (Å²) >= 11 is 0. The smallest absolute Gasteiger partial charge is 0.0479 e. The third kappa shape index (κ3) is 2.05. The second-order valence-corrected chi connectivity index (χ2v) is 4.27. The van der Waals surface area contributed by atoms with Gasteiger partial charge in [-0.25, -0.2) is 0 Å². The van der Waals surface area contributed by atoms with E-state index in [0.29, 0.717) is 0 Å². The monoisotopic (exact) mass is 202 g/mol. The Morgan fingerprint density at radius 2 is 2.07 bits per heavy atom. The lowest BCUT2D eigenvalue weighted by atomic mass is 10.1. The maximum Gasteiger partial charge on any atom is 0.0479 e. The minimum atomic E-state index is 0.281. The third-order valence-electron chi connectivity index (χ3n) is 2.91. The molecule has 0 amide bonds. The van der Waals surface area contributed by atoms with E-state index in [4.69, 9.17) is 5.73 Å². The highest BCUT2D eigenvalue weighted by Crippen LogP contribution is 2.19. The molecule has 0 unspecified atom stereocenters. The summed E-state index contributed by atoms with van der Waals surface area (Å²) in [4.78, 5) is 0. The second kappa shape index (κ2) is 4.07. The third-order valence-corrected chi connectivity index (χ3v) is 2.91. The highest BCUT2D eigenvalue weighted by molar-refractivity contribution is 5.81. The van der Waals surface area contributed by atoms with E-state index in [1.807, 2.05) is 0 Å². The van der Waals surface area contributed by atoms with Crippen molar-refractivity contribution in [2.24, 2.45) is 12.8 Å². The molecule has 2 heteroatoms. The van der Waals surface area contributed by atoms with Crippen LogP contribution in [0.25, 0.3) is 10.9 Å². The van der Waals surface area contributed by atoms with Gasteiger partial charge in [0.25, 0.3) is 0 Å². The zero-order valence-corrected chi connectivity index (χ0v) is 9.40. The van der Waals surface area contributed by atoms with E-state index < -0.39 is 0 Å². The molecule has 0 saturated heterocycles. The molecule has 2 N–H and O–H groups in total. The highest BCUT2D eigenvalue weighted by Gasteiger charge is 2.05. The van der Waals surface area contributed by atoms with Crippen LogP contribution >= 0.6 is 0 Å². The summed E-state index contributed by atoms with van der Waals surface area (Å²) in [6.45, 7) is 2.06. The van der Waals surface area contributed by atoms with Crippen molar-refractivity contribution < 1.29 is 0 Å². The van der Waals surface area contributed by atoms with Gasteiger partial charge in [-0.15, -0.1) is 0 Å². The number of hydrogen-bond acceptors (Lipinski definition) is 1. The van der Waals surface area contributed by atoms with Crippen LogP contribution in [0.15, 0.2) is 30.3 Å². The molecule has 0 aliphatic rings. The summed E-state index contributed by atoms with van der Waals surface area (Å²) in [6, 6.07) is 11.0. The Hall–Kier alpha value is -1.28. The lowest BCUT2D eigenvalue weighted by Gasteiger charge is -2.06. The van der Waals surface area contributed by atoms with Crippen molar-refractivity contribution in [3.8, 4) is 0 Å². The van der Waals surface area contributed by atoms with Crippen LogP contribution in [0.5, 0.6) is 0 Å². The Balaban J connectivity index is 2.32. The number of nitrogens with two attached hydrogens (primary N) is 1. The molecule has 0 spiro atoms. The molecule has 0 radical (unpaired) electrons. The molecular formula is C13H18N2. The van der Waals surface area contributed by atoms with E-state index in [-0.39, 0.29) is 6.04 Å². The summed E-state index contributed by atoms with van der Waals surface area (Å²) in [6.07, 6.45) is 2.10. The maximum atomic E-state index is 5.78. The normalized spacial score (nSPS) is 13.3. The van der Waals surface area contributed by atoms with Crippen molar-refractivity contribution in [1.29, 1.82) is 0 Å². The Morgan fingerprint density at radius 3 is 2.73 bits per heavy atom. The molecule has 0 fully saturated rings. The van der Waals surface area contributed by atoms with Crippen LogP contribution in [0.1, 0.15) is 19.0 Å². The maximum absolute atomic E-state index is 5.78. The number of hydrogen-bond donors (Lipinski definition) is 1. The van der Waals surface area contributed by atoms with Crippen molar-refractivity contribution >= 4 is 10.9 Å². The van der Waals surface area contributed by atoms with Gasteiger partial charge in [-0.05, 0) is 37.3 Å². The van der Waals surface area contributed by atoms with Gasteiger partial charge >= 0.3 is 0 Å². The molecule has 0 aliphatic carbocycles. The van der Waals surface area contributed by atoms with Crippen molar-refractivity contribution in [1.82, 2.24) is 4.57 Å². The molecule has 1 aromatic heterocycles. The molecule has 1 heterocycles. The van der Waals surface area contributed by atoms with Crippen LogP contribution in [0, 0.1) is 0 Å². The summed E-state index contributed by atoms with van der Waals surface area (Å²) in [5, 5.41) is 1.32. The van der Waals surface area contributed by atoms with E-state index in [9.17, 15) is 0 Å². The molecular weight excluding hydrogens is 184 g/mol. The second-order valence-electron chi connectivity index (χ2n) is 4.27. The van der Waals surface area contributed by atoms with Gasteiger partial charge in [0.15, 0.2) is 0 Å². The van der Waals surface area contributed by atoms with Gasteiger partial charge in [0, 0.05) is 24.3 Å². The molecule has 2 nitrogen and oxygen atoms in total. The van der Waals surface area contributed by atoms with Gasteiger partial charge < -0.3 is 10.3 Å². The molecule has 0 saturated carbocycles. The fraction of sp³-hybridized carbons (Fsp3) is 0.385. The first kappa shape index (κ1) is 10.2. The van der Waals surface area contributed by atoms with E-state index in [2.05, 4.69) is 48.9 Å². The first-order valence-electron chi connectivity index (χ1n) is 5.47. The zero-order valence-electron chi connectivity index (χ0n) is 9.40. The average Bonchev–Trinajstić information content (AvgIpc) is 2.54. The Labute approximate surface area is 90.7 Å². The number of aromatic nitrogens is 1.